The molecule has 4 rings (SSSR count). The molecule has 0 aromatic carbocycles. The number of nitrogens with zero attached hydrogens (tertiary/aromatic N) is 4. The Morgan fingerprint density at radius 1 is 1.31 bits per heavy atom. The third kappa shape index (κ3) is 3.08. The zero-order valence-corrected chi connectivity index (χ0v) is 15.5. The van der Waals surface area contributed by atoms with Crippen molar-refractivity contribution >= 4 is 38.4 Å². The zero-order valence-electron chi connectivity index (χ0n) is 14.7. The Bertz CT molecular complexity index is 938. The highest BCUT2D eigenvalue weighted by molar-refractivity contribution is 7.23. The van der Waals surface area contributed by atoms with Crippen LogP contribution in [0.3, 0.4) is 0 Å². The first-order valence-electron chi connectivity index (χ1n) is 8.62. The van der Waals surface area contributed by atoms with E-state index in [1.807, 2.05) is 43.1 Å². The number of fused-ring (bicyclic) bond motifs is 1. The molecule has 1 atom stereocenters. The number of carbonyl (C=O) groups is 1. The Kier molecular flexibility index (Phi) is 4.42. The van der Waals surface area contributed by atoms with E-state index in [9.17, 15) is 4.79 Å². The number of likely N-dealkylation sites (tertiary alicyclic amines) is 1. The lowest BCUT2D eigenvalue weighted by atomic mass is 10.2. The summed E-state index contributed by atoms with van der Waals surface area (Å²) in [6.45, 7) is 3.59. The van der Waals surface area contributed by atoms with E-state index in [2.05, 4.69) is 25.6 Å². The minimum Gasteiger partial charge on any atom is -0.380 e. The SMILES string of the molecule is CNc1cc2nc(NC(C)c3ccccn3)nc(C(=O)N3CCC3)c2s1. The van der Waals surface area contributed by atoms with Gasteiger partial charge in [-0.1, -0.05) is 6.07 Å². The molecule has 3 aromatic rings. The predicted octanol–water partition coefficient (Wildman–Crippen LogP) is 3.15. The van der Waals surface area contributed by atoms with Crippen molar-refractivity contribution in [3.63, 3.8) is 0 Å². The Morgan fingerprint density at radius 2 is 2.15 bits per heavy atom. The standard InChI is InChI=1S/C18H20N6OS/c1-11(12-6-3-4-7-20-12)21-18-22-13-10-14(19-2)26-16(13)15(23-18)17(25)24-8-5-9-24/h3-4,6-7,10-11,19H,5,8-9H2,1-2H3,(H,21,22,23). The molecule has 0 aliphatic carbocycles. The summed E-state index contributed by atoms with van der Waals surface area (Å²) in [6, 6.07) is 7.66. The van der Waals surface area contributed by atoms with Crippen LogP contribution in [-0.4, -0.2) is 45.9 Å². The summed E-state index contributed by atoms with van der Waals surface area (Å²) in [6.07, 6.45) is 2.81. The molecule has 134 valence electrons. The zero-order chi connectivity index (χ0) is 18.1. The maximum Gasteiger partial charge on any atom is 0.274 e. The number of thiophene rings is 1. The van der Waals surface area contributed by atoms with Crippen LogP contribution in [-0.2, 0) is 0 Å². The lowest BCUT2D eigenvalue weighted by Crippen LogP contribution is -2.42. The van der Waals surface area contributed by atoms with E-state index >= 15 is 0 Å². The van der Waals surface area contributed by atoms with Gasteiger partial charge in [0.25, 0.3) is 5.91 Å². The quantitative estimate of drug-likeness (QED) is 0.720. The van der Waals surface area contributed by atoms with Crippen LogP contribution >= 0.6 is 11.3 Å². The normalized spacial score (nSPS) is 14.8. The highest BCUT2D eigenvalue weighted by atomic mass is 32.1. The van der Waals surface area contributed by atoms with Crippen LogP contribution in [0, 0.1) is 0 Å². The molecule has 3 aromatic heterocycles. The number of carbonyl (C=O) groups excluding carboxylic acids is 1. The molecule has 0 radical (unpaired) electrons. The molecule has 1 fully saturated rings. The first kappa shape index (κ1) is 16.7. The van der Waals surface area contributed by atoms with Crippen molar-refractivity contribution in [1.29, 1.82) is 0 Å². The average molecular weight is 368 g/mol. The van der Waals surface area contributed by atoms with Crippen LogP contribution in [0.15, 0.2) is 30.5 Å². The van der Waals surface area contributed by atoms with Crippen LogP contribution in [0.4, 0.5) is 10.9 Å². The molecule has 7 nitrogen and oxygen atoms in total. The van der Waals surface area contributed by atoms with Crippen molar-refractivity contribution in [1.82, 2.24) is 19.9 Å². The topological polar surface area (TPSA) is 83.0 Å². The number of anilines is 2. The van der Waals surface area contributed by atoms with Gasteiger partial charge in [-0.25, -0.2) is 9.97 Å². The summed E-state index contributed by atoms with van der Waals surface area (Å²) < 4.78 is 0.822. The van der Waals surface area contributed by atoms with Crippen LogP contribution < -0.4 is 10.6 Å². The summed E-state index contributed by atoms with van der Waals surface area (Å²) in [5, 5.41) is 7.36. The van der Waals surface area contributed by atoms with Gasteiger partial charge in [-0.05, 0) is 31.5 Å². The summed E-state index contributed by atoms with van der Waals surface area (Å²) in [5.74, 6) is 0.418. The molecule has 8 heteroatoms. The summed E-state index contributed by atoms with van der Waals surface area (Å²) >= 11 is 1.50. The van der Waals surface area contributed by atoms with Crippen molar-refractivity contribution in [3.8, 4) is 0 Å². The first-order chi connectivity index (χ1) is 12.7. The van der Waals surface area contributed by atoms with Crippen LogP contribution in [0.5, 0.6) is 0 Å². The number of hydrogen-bond donors (Lipinski definition) is 2. The molecule has 1 aliphatic heterocycles. The Hall–Kier alpha value is -2.74. The van der Waals surface area contributed by atoms with Gasteiger partial charge in [0.15, 0.2) is 5.69 Å². The van der Waals surface area contributed by atoms with E-state index < -0.39 is 0 Å². The Labute approximate surface area is 155 Å². The fourth-order valence-corrected chi connectivity index (χ4v) is 3.76. The fourth-order valence-electron chi connectivity index (χ4n) is 2.83. The van der Waals surface area contributed by atoms with E-state index in [4.69, 9.17) is 0 Å². The van der Waals surface area contributed by atoms with Gasteiger partial charge in [0.05, 0.1) is 27.0 Å². The van der Waals surface area contributed by atoms with Crippen LogP contribution in [0.2, 0.25) is 0 Å². The van der Waals surface area contributed by atoms with Crippen molar-refractivity contribution in [3.05, 3.63) is 41.9 Å². The molecule has 4 heterocycles. The molecule has 1 aliphatic rings. The van der Waals surface area contributed by atoms with Crippen molar-refractivity contribution < 1.29 is 4.79 Å². The predicted molar refractivity (Wildman–Crippen MR) is 104 cm³/mol. The van der Waals surface area contributed by atoms with Crippen molar-refractivity contribution in [2.75, 3.05) is 30.8 Å². The maximum absolute atomic E-state index is 12.8. The van der Waals surface area contributed by atoms with Gasteiger partial charge < -0.3 is 15.5 Å². The molecule has 0 bridgehead atoms. The summed E-state index contributed by atoms with van der Waals surface area (Å²) in [4.78, 5) is 28.2. The van der Waals surface area contributed by atoms with Gasteiger partial charge in [0.2, 0.25) is 5.95 Å². The van der Waals surface area contributed by atoms with Gasteiger partial charge in [-0.2, -0.15) is 0 Å². The Balaban J connectivity index is 1.71. The highest BCUT2D eigenvalue weighted by Gasteiger charge is 2.26. The van der Waals surface area contributed by atoms with E-state index in [0.717, 1.165) is 40.4 Å². The number of pyridine rings is 1. The molecular formula is C18H20N6OS. The second-order valence-corrected chi connectivity index (χ2v) is 7.29. The minimum absolute atomic E-state index is 0.0262. The molecule has 2 N–H and O–H groups in total. The van der Waals surface area contributed by atoms with E-state index in [0.29, 0.717) is 11.6 Å². The van der Waals surface area contributed by atoms with Gasteiger partial charge in [-0.3, -0.25) is 9.78 Å². The van der Waals surface area contributed by atoms with Gasteiger partial charge >= 0.3 is 0 Å². The summed E-state index contributed by atoms with van der Waals surface area (Å²) in [7, 11) is 1.86. The second-order valence-electron chi connectivity index (χ2n) is 6.24. The average Bonchev–Trinajstić information content (AvgIpc) is 3.03. The molecule has 1 amide bonds. The molecule has 26 heavy (non-hydrogen) atoms. The van der Waals surface area contributed by atoms with Crippen molar-refractivity contribution in [2.24, 2.45) is 0 Å². The third-order valence-corrected chi connectivity index (χ3v) is 5.59. The molecule has 0 spiro atoms. The minimum atomic E-state index is -0.0667. The van der Waals surface area contributed by atoms with Gasteiger partial charge in [-0.15, -0.1) is 11.3 Å². The first-order valence-corrected chi connectivity index (χ1v) is 9.43. The van der Waals surface area contributed by atoms with Gasteiger partial charge in [0.1, 0.15) is 0 Å². The molecule has 1 unspecified atom stereocenters. The number of aromatic nitrogens is 3. The van der Waals surface area contributed by atoms with Crippen LogP contribution in [0.25, 0.3) is 10.2 Å². The highest BCUT2D eigenvalue weighted by Crippen LogP contribution is 2.32. The molecule has 0 saturated carbocycles. The number of hydrogen-bond acceptors (Lipinski definition) is 7. The fraction of sp³-hybridized carbons (Fsp3) is 0.333. The lowest BCUT2D eigenvalue weighted by Gasteiger charge is -2.30. The van der Waals surface area contributed by atoms with Crippen LogP contribution in [0.1, 0.15) is 35.6 Å². The monoisotopic (exact) mass is 368 g/mol. The third-order valence-electron chi connectivity index (χ3n) is 4.44. The Morgan fingerprint density at radius 3 is 2.81 bits per heavy atom. The van der Waals surface area contributed by atoms with E-state index in [1.165, 1.54) is 11.3 Å². The van der Waals surface area contributed by atoms with E-state index in [-0.39, 0.29) is 11.9 Å². The van der Waals surface area contributed by atoms with Crippen molar-refractivity contribution in [2.45, 2.75) is 19.4 Å². The largest absolute Gasteiger partial charge is 0.380 e. The molecular weight excluding hydrogens is 348 g/mol. The smallest absolute Gasteiger partial charge is 0.274 e. The number of amides is 1. The molecule has 1 saturated heterocycles. The maximum atomic E-state index is 12.8. The summed E-state index contributed by atoms with van der Waals surface area (Å²) in [5.41, 5.74) is 2.14. The second kappa shape index (κ2) is 6.87. The number of rotatable bonds is 5. The van der Waals surface area contributed by atoms with E-state index in [1.54, 1.807) is 6.20 Å². The van der Waals surface area contributed by atoms with Gasteiger partial charge in [0, 0.05) is 26.3 Å². The number of nitrogens with one attached hydrogen (secondary N) is 2. The lowest BCUT2D eigenvalue weighted by molar-refractivity contribution is 0.0648.